The van der Waals surface area contributed by atoms with Gasteiger partial charge in [0.15, 0.2) is 6.61 Å². The van der Waals surface area contributed by atoms with E-state index in [2.05, 4.69) is 5.32 Å². The van der Waals surface area contributed by atoms with Crippen molar-refractivity contribution >= 4 is 11.8 Å². The van der Waals surface area contributed by atoms with Gasteiger partial charge in [-0.05, 0) is 77.3 Å². The lowest BCUT2D eigenvalue weighted by atomic mass is 10.1. The summed E-state index contributed by atoms with van der Waals surface area (Å²) in [6, 6.07) is 13.1. The van der Waals surface area contributed by atoms with E-state index < -0.39 is 6.04 Å². The third kappa shape index (κ3) is 6.90. The number of amides is 2. The zero-order valence-corrected chi connectivity index (χ0v) is 19.2. The van der Waals surface area contributed by atoms with Gasteiger partial charge in [0.05, 0.1) is 0 Å². The highest BCUT2D eigenvalue weighted by molar-refractivity contribution is 5.88. The largest absolute Gasteiger partial charge is 0.484 e. The highest BCUT2D eigenvalue weighted by Gasteiger charge is 2.28. The molecule has 1 unspecified atom stereocenters. The minimum Gasteiger partial charge on any atom is -0.484 e. The Balaban J connectivity index is 2.17. The Morgan fingerprint density at radius 1 is 1.00 bits per heavy atom. The van der Waals surface area contributed by atoms with Crippen LogP contribution in [0.3, 0.4) is 0 Å². The summed E-state index contributed by atoms with van der Waals surface area (Å²) >= 11 is 0. The van der Waals surface area contributed by atoms with Crippen molar-refractivity contribution < 1.29 is 14.3 Å². The average molecular weight is 411 g/mol. The Hall–Kier alpha value is -2.82. The maximum absolute atomic E-state index is 13.1. The van der Waals surface area contributed by atoms with E-state index in [1.165, 1.54) is 5.56 Å². The zero-order valence-electron chi connectivity index (χ0n) is 19.2. The van der Waals surface area contributed by atoms with Crippen molar-refractivity contribution in [1.29, 1.82) is 0 Å². The van der Waals surface area contributed by atoms with Gasteiger partial charge >= 0.3 is 0 Å². The molecule has 0 aliphatic carbocycles. The number of nitrogens with one attached hydrogen (secondary N) is 1. The van der Waals surface area contributed by atoms with Gasteiger partial charge in [-0.25, -0.2) is 0 Å². The molecular formula is C25H34N2O3. The van der Waals surface area contributed by atoms with E-state index in [-0.39, 0.29) is 24.0 Å². The quantitative estimate of drug-likeness (QED) is 0.739. The van der Waals surface area contributed by atoms with Crippen molar-refractivity contribution in [3.63, 3.8) is 0 Å². The lowest BCUT2D eigenvalue weighted by Crippen LogP contribution is -2.53. The van der Waals surface area contributed by atoms with Crippen LogP contribution in [0.15, 0.2) is 42.5 Å². The fourth-order valence-corrected chi connectivity index (χ4v) is 2.98. The number of nitrogens with zero attached hydrogens (tertiary/aromatic N) is 1. The molecule has 30 heavy (non-hydrogen) atoms. The molecule has 162 valence electrons. The summed E-state index contributed by atoms with van der Waals surface area (Å²) in [4.78, 5) is 27.4. The first-order valence-corrected chi connectivity index (χ1v) is 10.3. The van der Waals surface area contributed by atoms with Gasteiger partial charge in [-0.3, -0.25) is 9.59 Å². The number of carbonyl (C=O) groups excluding carboxylic acids is 2. The molecule has 1 N–H and O–H groups in total. The molecule has 0 saturated carbocycles. The Labute approximate surface area is 180 Å². The van der Waals surface area contributed by atoms with E-state index in [1.54, 1.807) is 11.8 Å². The Kier molecular flexibility index (Phi) is 7.65. The Morgan fingerprint density at radius 2 is 1.63 bits per heavy atom. The minimum atomic E-state index is -0.624. The third-order valence-corrected chi connectivity index (χ3v) is 4.98. The lowest BCUT2D eigenvalue weighted by molar-refractivity contribution is -0.142. The van der Waals surface area contributed by atoms with Gasteiger partial charge in [0, 0.05) is 12.1 Å². The van der Waals surface area contributed by atoms with Crippen LogP contribution in [-0.2, 0) is 16.1 Å². The van der Waals surface area contributed by atoms with Crippen molar-refractivity contribution in [1.82, 2.24) is 10.2 Å². The first kappa shape index (κ1) is 23.5. The van der Waals surface area contributed by atoms with Gasteiger partial charge in [0.1, 0.15) is 11.8 Å². The maximum atomic E-state index is 13.1. The number of hydrogen-bond acceptors (Lipinski definition) is 3. The van der Waals surface area contributed by atoms with E-state index in [0.717, 1.165) is 16.7 Å². The van der Waals surface area contributed by atoms with E-state index in [1.807, 2.05) is 84.0 Å². The normalized spacial score (nSPS) is 12.2. The molecule has 2 rings (SSSR count). The number of rotatable bonds is 7. The molecule has 0 spiro atoms. The molecule has 0 radical (unpaired) electrons. The van der Waals surface area contributed by atoms with Crippen LogP contribution in [0.4, 0.5) is 0 Å². The monoisotopic (exact) mass is 410 g/mol. The van der Waals surface area contributed by atoms with Crippen LogP contribution in [0.1, 0.15) is 49.9 Å². The molecule has 2 amide bonds. The lowest BCUT2D eigenvalue weighted by Gasteiger charge is -2.31. The first-order valence-electron chi connectivity index (χ1n) is 10.3. The highest BCUT2D eigenvalue weighted by atomic mass is 16.5. The van der Waals surface area contributed by atoms with Crippen LogP contribution < -0.4 is 10.1 Å². The maximum Gasteiger partial charge on any atom is 0.261 e. The topological polar surface area (TPSA) is 58.6 Å². The third-order valence-electron chi connectivity index (χ3n) is 4.98. The number of benzene rings is 2. The minimum absolute atomic E-state index is 0.124. The molecule has 0 fully saturated rings. The molecule has 0 aromatic heterocycles. The Morgan fingerprint density at radius 3 is 2.20 bits per heavy atom. The fourth-order valence-electron chi connectivity index (χ4n) is 2.98. The fraction of sp³-hybridized carbons (Fsp3) is 0.440. The molecule has 1 atom stereocenters. The number of ether oxygens (including phenoxy) is 1. The average Bonchev–Trinajstić information content (AvgIpc) is 2.66. The van der Waals surface area contributed by atoms with Gasteiger partial charge in [0.25, 0.3) is 5.91 Å². The second-order valence-electron chi connectivity index (χ2n) is 8.96. The molecule has 5 heteroatoms. The molecule has 0 bridgehead atoms. The summed E-state index contributed by atoms with van der Waals surface area (Å²) in [6.07, 6.45) is 0. The second kappa shape index (κ2) is 9.79. The standard InChI is InChI=1S/C25H34N2O3/c1-17-8-11-21(12-9-17)15-27(20(4)24(29)26-25(5,6)7)23(28)16-30-22-13-10-18(2)19(3)14-22/h8-14,20H,15-16H2,1-7H3,(H,26,29). The van der Waals surface area contributed by atoms with Crippen LogP contribution in [0, 0.1) is 20.8 Å². The molecule has 0 aliphatic rings. The SMILES string of the molecule is Cc1ccc(CN(C(=O)COc2ccc(C)c(C)c2)C(C)C(=O)NC(C)(C)C)cc1. The van der Waals surface area contributed by atoms with Crippen LogP contribution in [-0.4, -0.2) is 34.9 Å². The van der Waals surface area contributed by atoms with Crippen molar-refractivity contribution in [2.75, 3.05) is 6.61 Å². The molecule has 5 nitrogen and oxygen atoms in total. The van der Waals surface area contributed by atoms with Crippen LogP contribution in [0.2, 0.25) is 0 Å². The van der Waals surface area contributed by atoms with Crippen molar-refractivity contribution in [2.45, 2.75) is 66.6 Å². The van der Waals surface area contributed by atoms with Crippen LogP contribution in [0.5, 0.6) is 5.75 Å². The van der Waals surface area contributed by atoms with E-state index in [9.17, 15) is 9.59 Å². The molecule has 0 heterocycles. The number of carbonyl (C=O) groups is 2. The zero-order chi connectivity index (χ0) is 22.5. The van der Waals surface area contributed by atoms with Crippen LogP contribution in [0.25, 0.3) is 0 Å². The highest BCUT2D eigenvalue weighted by Crippen LogP contribution is 2.17. The number of aryl methyl sites for hydroxylation is 3. The number of hydrogen-bond donors (Lipinski definition) is 1. The Bertz CT molecular complexity index is 882. The van der Waals surface area contributed by atoms with Gasteiger partial charge in [-0.1, -0.05) is 35.9 Å². The summed E-state index contributed by atoms with van der Waals surface area (Å²) in [6.45, 7) is 13.8. The summed E-state index contributed by atoms with van der Waals surface area (Å²) < 4.78 is 5.75. The summed E-state index contributed by atoms with van der Waals surface area (Å²) in [5, 5.41) is 2.96. The van der Waals surface area contributed by atoms with Crippen molar-refractivity contribution in [2.24, 2.45) is 0 Å². The predicted octanol–water partition coefficient (Wildman–Crippen LogP) is 4.32. The molecule has 2 aromatic rings. The predicted molar refractivity (Wildman–Crippen MR) is 120 cm³/mol. The van der Waals surface area contributed by atoms with E-state index in [4.69, 9.17) is 4.74 Å². The smallest absolute Gasteiger partial charge is 0.261 e. The molecule has 0 saturated heterocycles. The van der Waals surface area contributed by atoms with Crippen molar-refractivity contribution in [3.05, 3.63) is 64.7 Å². The first-order chi connectivity index (χ1) is 14.0. The molecular weight excluding hydrogens is 376 g/mol. The van der Waals surface area contributed by atoms with Gasteiger partial charge in [-0.2, -0.15) is 0 Å². The van der Waals surface area contributed by atoms with Gasteiger partial charge < -0.3 is 15.0 Å². The second-order valence-corrected chi connectivity index (χ2v) is 8.96. The van der Waals surface area contributed by atoms with E-state index >= 15 is 0 Å². The van der Waals surface area contributed by atoms with Gasteiger partial charge in [-0.15, -0.1) is 0 Å². The van der Waals surface area contributed by atoms with Gasteiger partial charge in [0.2, 0.25) is 5.91 Å². The summed E-state index contributed by atoms with van der Waals surface area (Å²) in [5.41, 5.74) is 4.01. The molecule has 2 aromatic carbocycles. The van der Waals surface area contributed by atoms with Crippen LogP contribution >= 0.6 is 0 Å². The van der Waals surface area contributed by atoms with E-state index in [0.29, 0.717) is 12.3 Å². The summed E-state index contributed by atoms with van der Waals surface area (Å²) in [7, 11) is 0. The summed E-state index contributed by atoms with van der Waals surface area (Å²) in [5.74, 6) is 0.230. The molecule has 0 aliphatic heterocycles. The van der Waals surface area contributed by atoms with Crippen molar-refractivity contribution in [3.8, 4) is 5.75 Å².